The van der Waals surface area contributed by atoms with Gasteiger partial charge in [0.05, 0.1) is 17.6 Å². The number of hydrogen-bond acceptors (Lipinski definition) is 4. The van der Waals surface area contributed by atoms with Gasteiger partial charge in [-0.15, -0.1) is 0 Å². The molecule has 1 aromatic carbocycles. The average molecular weight is 375 g/mol. The van der Waals surface area contributed by atoms with Crippen LogP contribution in [-0.2, 0) is 19.6 Å². The van der Waals surface area contributed by atoms with Crippen LogP contribution in [0, 0.1) is 5.92 Å². The van der Waals surface area contributed by atoms with E-state index in [9.17, 15) is 13.2 Å². The van der Waals surface area contributed by atoms with Gasteiger partial charge in [-0.3, -0.25) is 4.79 Å². The SMILES string of the molecule is CC1CN(C(=O)[C@@H](NS(=O)(=O)c2ccc(Cl)cc2)C(C)C)CCO1. The minimum Gasteiger partial charge on any atom is -0.375 e. The molecule has 1 aliphatic rings. The number of ether oxygens (including phenoxy) is 1. The summed E-state index contributed by atoms with van der Waals surface area (Å²) in [5.74, 6) is -0.407. The first-order valence-corrected chi connectivity index (χ1v) is 9.75. The Kier molecular flexibility index (Phi) is 6.25. The van der Waals surface area contributed by atoms with Gasteiger partial charge in [0.1, 0.15) is 6.04 Å². The van der Waals surface area contributed by atoms with Crippen LogP contribution in [0.2, 0.25) is 5.02 Å². The molecule has 1 saturated heterocycles. The van der Waals surface area contributed by atoms with E-state index in [2.05, 4.69) is 4.72 Å². The van der Waals surface area contributed by atoms with Crippen LogP contribution in [0.1, 0.15) is 20.8 Å². The number of rotatable bonds is 5. The number of sulfonamides is 1. The fourth-order valence-electron chi connectivity index (χ4n) is 2.54. The Hall–Kier alpha value is -1.15. The van der Waals surface area contributed by atoms with Crippen LogP contribution < -0.4 is 4.72 Å². The van der Waals surface area contributed by atoms with E-state index >= 15 is 0 Å². The monoisotopic (exact) mass is 374 g/mol. The predicted octanol–water partition coefficient (Wildman–Crippen LogP) is 1.89. The second-order valence-electron chi connectivity index (χ2n) is 6.26. The first kappa shape index (κ1) is 19.2. The van der Waals surface area contributed by atoms with Gasteiger partial charge < -0.3 is 9.64 Å². The van der Waals surface area contributed by atoms with Crippen LogP contribution in [-0.4, -0.2) is 51.1 Å². The van der Waals surface area contributed by atoms with Crippen molar-refractivity contribution in [2.75, 3.05) is 19.7 Å². The minimum absolute atomic E-state index is 0.0524. The zero-order chi connectivity index (χ0) is 17.9. The van der Waals surface area contributed by atoms with Crippen LogP contribution in [0.5, 0.6) is 0 Å². The van der Waals surface area contributed by atoms with Crippen molar-refractivity contribution in [3.63, 3.8) is 0 Å². The second kappa shape index (κ2) is 7.82. The van der Waals surface area contributed by atoms with E-state index < -0.39 is 16.1 Å². The third-order valence-corrected chi connectivity index (χ3v) is 5.60. The molecule has 1 aliphatic heterocycles. The Bertz CT molecular complexity index is 676. The summed E-state index contributed by atoms with van der Waals surface area (Å²) in [7, 11) is -3.81. The molecule has 0 radical (unpaired) electrons. The van der Waals surface area contributed by atoms with Gasteiger partial charge in [0.25, 0.3) is 0 Å². The average Bonchev–Trinajstić information content (AvgIpc) is 2.52. The maximum absolute atomic E-state index is 12.8. The normalized spacial score (nSPS) is 20.2. The number of hydrogen-bond donors (Lipinski definition) is 1. The summed E-state index contributed by atoms with van der Waals surface area (Å²) < 4.78 is 33.1. The zero-order valence-corrected chi connectivity index (χ0v) is 15.6. The van der Waals surface area contributed by atoms with E-state index in [0.29, 0.717) is 24.7 Å². The van der Waals surface area contributed by atoms with Crippen molar-refractivity contribution in [2.24, 2.45) is 5.92 Å². The number of nitrogens with one attached hydrogen (secondary N) is 1. The lowest BCUT2D eigenvalue weighted by atomic mass is 10.0. The molecule has 0 spiro atoms. The molecule has 0 bridgehead atoms. The fourth-order valence-corrected chi connectivity index (χ4v) is 4.00. The highest BCUT2D eigenvalue weighted by Gasteiger charge is 2.33. The molecule has 1 unspecified atom stereocenters. The van der Waals surface area contributed by atoms with Crippen molar-refractivity contribution in [1.82, 2.24) is 9.62 Å². The molecular formula is C16H23ClN2O4S. The Labute approximate surface area is 148 Å². The van der Waals surface area contributed by atoms with Crippen molar-refractivity contribution in [2.45, 2.75) is 37.8 Å². The Morgan fingerprint density at radius 1 is 1.33 bits per heavy atom. The summed E-state index contributed by atoms with van der Waals surface area (Å²) in [4.78, 5) is 14.5. The van der Waals surface area contributed by atoms with E-state index in [1.807, 2.05) is 20.8 Å². The van der Waals surface area contributed by atoms with Crippen LogP contribution in [0.3, 0.4) is 0 Å². The molecule has 1 heterocycles. The lowest BCUT2D eigenvalue weighted by Crippen LogP contribution is -2.55. The van der Waals surface area contributed by atoms with Gasteiger partial charge in [0, 0.05) is 18.1 Å². The molecule has 8 heteroatoms. The summed E-state index contributed by atoms with van der Waals surface area (Å²) in [6, 6.07) is 5.03. The Balaban J connectivity index is 2.18. The third-order valence-electron chi connectivity index (χ3n) is 3.89. The Morgan fingerprint density at radius 3 is 2.50 bits per heavy atom. The Morgan fingerprint density at radius 2 is 1.96 bits per heavy atom. The van der Waals surface area contributed by atoms with Crippen LogP contribution in [0.4, 0.5) is 0 Å². The molecule has 24 heavy (non-hydrogen) atoms. The first-order valence-electron chi connectivity index (χ1n) is 7.89. The summed E-state index contributed by atoms with van der Waals surface area (Å²) in [5.41, 5.74) is 0. The van der Waals surface area contributed by atoms with Crippen molar-refractivity contribution >= 4 is 27.5 Å². The van der Waals surface area contributed by atoms with E-state index in [1.54, 1.807) is 4.90 Å². The van der Waals surface area contributed by atoms with Gasteiger partial charge in [-0.1, -0.05) is 25.4 Å². The first-order chi connectivity index (χ1) is 11.2. The topological polar surface area (TPSA) is 75.7 Å². The van der Waals surface area contributed by atoms with Gasteiger partial charge in [-0.25, -0.2) is 8.42 Å². The lowest BCUT2D eigenvalue weighted by molar-refractivity contribution is -0.141. The molecule has 1 aromatic rings. The molecule has 1 fully saturated rings. The highest BCUT2D eigenvalue weighted by molar-refractivity contribution is 7.89. The molecule has 0 saturated carbocycles. The summed E-state index contributed by atoms with van der Waals surface area (Å²) in [5, 5.41) is 0.452. The fraction of sp³-hybridized carbons (Fsp3) is 0.562. The van der Waals surface area contributed by atoms with Crippen LogP contribution in [0.25, 0.3) is 0 Å². The lowest BCUT2D eigenvalue weighted by Gasteiger charge is -2.34. The largest absolute Gasteiger partial charge is 0.375 e. The van der Waals surface area contributed by atoms with Crippen molar-refractivity contribution in [1.29, 1.82) is 0 Å². The van der Waals surface area contributed by atoms with Gasteiger partial charge in [-0.05, 0) is 37.1 Å². The standard InChI is InChI=1S/C16H23ClN2O4S/c1-11(2)15(16(20)19-8-9-23-12(3)10-19)18-24(21,22)14-6-4-13(17)5-7-14/h4-7,11-12,15,18H,8-10H2,1-3H3/t12?,15-/m0/s1. The molecular weight excluding hydrogens is 352 g/mol. The third kappa shape index (κ3) is 4.69. The summed E-state index contributed by atoms with van der Waals surface area (Å²) in [6.45, 7) is 6.91. The van der Waals surface area contributed by atoms with Crippen molar-refractivity contribution in [3.05, 3.63) is 29.3 Å². The van der Waals surface area contributed by atoms with Gasteiger partial charge >= 0.3 is 0 Å². The van der Waals surface area contributed by atoms with E-state index in [1.165, 1.54) is 24.3 Å². The predicted molar refractivity (Wildman–Crippen MR) is 92.4 cm³/mol. The van der Waals surface area contributed by atoms with E-state index in [4.69, 9.17) is 16.3 Å². The number of nitrogens with zero attached hydrogens (tertiary/aromatic N) is 1. The molecule has 0 aliphatic carbocycles. The van der Waals surface area contributed by atoms with Crippen molar-refractivity contribution < 1.29 is 17.9 Å². The molecule has 1 N–H and O–H groups in total. The molecule has 0 aromatic heterocycles. The van der Waals surface area contributed by atoms with Crippen molar-refractivity contribution in [3.8, 4) is 0 Å². The number of benzene rings is 1. The molecule has 2 rings (SSSR count). The molecule has 1 amide bonds. The molecule has 134 valence electrons. The van der Waals surface area contributed by atoms with Gasteiger partial charge in [-0.2, -0.15) is 4.72 Å². The van der Waals surface area contributed by atoms with E-state index in [0.717, 1.165) is 0 Å². The second-order valence-corrected chi connectivity index (χ2v) is 8.41. The number of morpholine rings is 1. The van der Waals surface area contributed by atoms with Crippen LogP contribution in [0.15, 0.2) is 29.2 Å². The molecule has 6 nitrogen and oxygen atoms in total. The number of carbonyl (C=O) groups is 1. The maximum atomic E-state index is 12.8. The number of carbonyl (C=O) groups excluding carboxylic acids is 1. The maximum Gasteiger partial charge on any atom is 0.241 e. The quantitative estimate of drug-likeness (QED) is 0.853. The highest BCUT2D eigenvalue weighted by Crippen LogP contribution is 2.17. The number of amides is 1. The van der Waals surface area contributed by atoms with Gasteiger partial charge in [0.2, 0.25) is 15.9 Å². The van der Waals surface area contributed by atoms with Gasteiger partial charge in [0.15, 0.2) is 0 Å². The smallest absolute Gasteiger partial charge is 0.241 e. The number of halogens is 1. The summed E-state index contributed by atoms with van der Waals surface area (Å²) >= 11 is 5.80. The zero-order valence-electron chi connectivity index (χ0n) is 14.0. The highest BCUT2D eigenvalue weighted by atomic mass is 35.5. The van der Waals surface area contributed by atoms with E-state index in [-0.39, 0.29) is 22.8 Å². The van der Waals surface area contributed by atoms with Crippen LogP contribution >= 0.6 is 11.6 Å². The molecule has 2 atom stereocenters. The summed E-state index contributed by atoms with van der Waals surface area (Å²) in [6.07, 6.45) is -0.0524. The minimum atomic E-state index is -3.81.